The first-order valence-corrected chi connectivity index (χ1v) is 7.92. The zero-order chi connectivity index (χ0) is 17.8. The molecule has 1 N–H and O–H groups in total. The molecule has 3 aromatic rings. The molecule has 0 spiro atoms. The Morgan fingerprint density at radius 3 is 2.64 bits per heavy atom. The average Bonchev–Trinajstić information content (AvgIpc) is 3.19. The maximum Gasteiger partial charge on any atom is 0.274 e. The van der Waals surface area contributed by atoms with Crippen LogP contribution in [-0.2, 0) is 13.1 Å². The molecule has 2 heterocycles. The van der Waals surface area contributed by atoms with E-state index in [9.17, 15) is 4.79 Å². The highest BCUT2D eigenvalue weighted by atomic mass is 16.5. The number of nitrogens with zero attached hydrogens (tertiary/aromatic N) is 3. The lowest BCUT2D eigenvalue weighted by atomic mass is 10.2. The third-order valence-electron chi connectivity index (χ3n) is 4.07. The van der Waals surface area contributed by atoms with Gasteiger partial charge in [-0.05, 0) is 43.2 Å². The third kappa shape index (κ3) is 3.71. The van der Waals surface area contributed by atoms with Crippen molar-refractivity contribution in [2.24, 2.45) is 0 Å². The van der Waals surface area contributed by atoms with Gasteiger partial charge in [-0.2, -0.15) is 0 Å². The first-order chi connectivity index (χ1) is 12.1. The van der Waals surface area contributed by atoms with Gasteiger partial charge in [0.15, 0.2) is 5.69 Å². The van der Waals surface area contributed by atoms with E-state index in [0.717, 1.165) is 22.6 Å². The highest BCUT2D eigenvalue weighted by molar-refractivity contribution is 5.93. The zero-order valence-corrected chi connectivity index (χ0v) is 14.4. The number of amides is 1. The molecule has 0 fully saturated rings. The van der Waals surface area contributed by atoms with Gasteiger partial charge >= 0.3 is 0 Å². The molecule has 0 saturated carbocycles. The number of hydrogen-bond donors (Lipinski definition) is 1. The van der Waals surface area contributed by atoms with E-state index in [1.165, 1.54) is 0 Å². The summed E-state index contributed by atoms with van der Waals surface area (Å²) in [6.07, 6.45) is 1.60. The van der Waals surface area contributed by atoms with E-state index in [0.29, 0.717) is 24.5 Å². The molecule has 0 aliphatic heterocycles. The predicted molar refractivity (Wildman–Crippen MR) is 91.5 cm³/mol. The Morgan fingerprint density at radius 1 is 1.24 bits per heavy atom. The van der Waals surface area contributed by atoms with Crippen molar-refractivity contribution >= 4 is 5.91 Å². The summed E-state index contributed by atoms with van der Waals surface area (Å²) in [5, 5.41) is 10.9. The highest BCUT2D eigenvalue weighted by Crippen LogP contribution is 2.14. The number of ether oxygens (including phenoxy) is 1. The summed E-state index contributed by atoms with van der Waals surface area (Å²) in [6, 6.07) is 9.55. The molecule has 1 aromatic carbocycles. The van der Waals surface area contributed by atoms with E-state index in [-0.39, 0.29) is 5.91 Å². The van der Waals surface area contributed by atoms with Crippen LogP contribution in [0.15, 0.2) is 41.0 Å². The summed E-state index contributed by atoms with van der Waals surface area (Å²) in [5.74, 6) is 1.26. The van der Waals surface area contributed by atoms with Crippen molar-refractivity contribution in [3.63, 3.8) is 0 Å². The van der Waals surface area contributed by atoms with Gasteiger partial charge in [-0.3, -0.25) is 4.79 Å². The average molecular weight is 340 g/mol. The molecule has 0 bridgehead atoms. The van der Waals surface area contributed by atoms with Crippen LogP contribution in [0.4, 0.5) is 0 Å². The first-order valence-electron chi connectivity index (χ1n) is 7.92. The Kier molecular flexibility index (Phi) is 4.83. The normalized spacial score (nSPS) is 10.7. The fourth-order valence-electron chi connectivity index (χ4n) is 2.45. The smallest absolute Gasteiger partial charge is 0.274 e. The standard InChI is InChI=1S/C18H20N4O3/c1-12-8-9-25-16(12)10-19-18(23)17-13(2)22(21-20-17)11-14-4-6-15(24-3)7-5-14/h4-9H,10-11H2,1-3H3,(H,19,23). The molecule has 0 aliphatic rings. The van der Waals surface area contributed by atoms with E-state index >= 15 is 0 Å². The van der Waals surface area contributed by atoms with E-state index in [4.69, 9.17) is 9.15 Å². The fourth-order valence-corrected chi connectivity index (χ4v) is 2.45. The van der Waals surface area contributed by atoms with Crippen LogP contribution in [0.5, 0.6) is 5.75 Å². The lowest BCUT2D eigenvalue weighted by molar-refractivity contribution is 0.0942. The molecule has 0 saturated heterocycles. The van der Waals surface area contributed by atoms with Gasteiger partial charge in [-0.1, -0.05) is 17.3 Å². The Morgan fingerprint density at radius 2 is 2.00 bits per heavy atom. The molecule has 7 heteroatoms. The Labute approximate surface area is 145 Å². The maximum atomic E-state index is 12.3. The predicted octanol–water partition coefficient (Wildman–Crippen LogP) is 2.47. The molecule has 7 nitrogen and oxygen atoms in total. The number of aryl methyl sites for hydroxylation is 1. The molecular formula is C18H20N4O3. The van der Waals surface area contributed by atoms with Gasteiger partial charge in [0, 0.05) is 0 Å². The summed E-state index contributed by atoms with van der Waals surface area (Å²) in [5.41, 5.74) is 3.08. The van der Waals surface area contributed by atoms with Crippen molar-refractivity contribution in [1.29, 1.82) is 0 Å². The number of carbonyl (C=O) groups excluding carboxylic acids is 1. The van der Waals surface area contributed by atoms with Crippen molar-refractivity contribution < 1.29 is 13.9 Å². The van der Waals surface area contributed by atoms with Crippen molar-refractivity contribution in [3.05, 3.63) is 64.9 Å². The summed E-state index contributed by atoms with van der Waals surface area (Å²) in [4.78, 5) is 12.3. The summed E-state index contributed by atoms with van der Waals surface area (Å²) in [6.45, 7) is 4.62. The maximum absolute atomic E-state index is 12.3. The fraction of sp³-hybridized carbons (Fsp3) is 0.278. The van der Waals surface area contributed by atoms with Gasteiger partial charge in [-0.25, -0.2) is 4.68 Å². The molecule has 0 unspecified atom stereocenters. The molecule has 0 atom stereocenters. The van der Waals surface area contributed by atoms with Crippen LogP contribution >= 0.6 is 0 Å². The molecule has 25 heavy (non-hydrogen) atoms. The first kappa shape index (κ1) is 16.8. The van der Waals surface area contributed by atoms with Crippen molar-refractivity contribution in [2.75, 3.05) is 7.11 Å². The topological polar surface area (TPSA) is 82.2 Å². The van der Waals surface area contributed by atoms with E-state index in [1.807, 2.05) is 44.2 Å². The van der Waals surface area contributed by atoms with Crippen LogP contribution < -0.4 is 10.1 Å². The molecular weight excluding hydrogens is 320 g/mol. The van der Waals surface area contributed by atoms with Crippen LogP contribution in [0.1, 0.15) is 33.1 Å². The number of methoxy groups -OCH3 is 1. The van der Waals surface area contributed by atoms with Crippen molar-refractivity contribution in [1.82, 2.24) is 20.3 Å². The van der Waals surface area contributed by atoms with Gasteiger partial charge < -0.3 is 14.5 Å². The van der Waals surface area contributed by atoms with E-state index in [2.05, 4.69) is 15.6 Å². The Balaban J connectivity index is 1.67. The van der Waals surface area contributed by atoms with Crippen LogP contribution in [0.3, 0.4) is 0 Å². The van der Waals surface area contributed by atoms with Crippen LogP contribution in [0.25, 0.3) is 0 Å². The molecule has 130 valence electrons. The second kappa shape index (κ2) is 7.21. The second-order valence-electron chi connectivity index (χ2n) is 5.74. The van der Waals surface area contributed by atoms with Gasteiger partial charge in [0.05, 0.1) is 32.2 Å². The molecule has 0 aliphatic carbocycles. The number of furan rings is 1. The Hall–Kier alpha value is -3.09. The van der Waals surface area contributed by atoms with E-state index < -0.39 is 0 Å². The van der Waals surface area contributed by atoms with Crippen LogP contribution in [-0.4, -0.2) is 28.0 Å². The minimum Gasteiger partial charge on any atom is -0.497 e. The van der Waals surface area contributed by atoms with Crippen LogP contribution in [0.2, 0.25) is 0 Å². The number of hydrogen-bond acceptors (Lipinski definition) is 5. The summed E-state index contributed by atoms with van der Waals surface area (Å²) >= 11 is 0. The third-order valence-corrected chi connectivity index (χ3v) is 4.07. The van der Waals surface area contributed by atoms with Gasteiger partial charge in [-0.15, -0.1) is 5.10 Å². The molecule has 1 amide bonds. The number of aromatic nitrogens is 3. The number of benzene rings is 1. The van der Waals surface area contributed by atoms with Gasteiger partial charge in [0.1, 0.15) is 11.5 Å². The zero-order valence-electron chi connectivity index (χ0n) is 14.4. The van der Waals surface area contributed by atoms with Crippen LogP contribution in [0, 0.1) is 13.8 Å². The largest absolute Gasteiger partial charge is 0.497 e. The number of carbonyl (C=O) groups is 1. The second-order valence-corrected chi connectivity index (χ2v) is 5.74. The lowest BCUT2D eigenvalue weighted by Crippen LogP contribution is -2.24. The molecule has 0 radical (unpaired) electrons. The van der Waals surface area contributed by atoms with E-state index in [1.54, 1.807) is 18.1 Å². The number of nitrogens with one attached hydrogen (secondary N) is 1. The summed E-state index contributed by atoms with van der Waals surface area (Å²) in [7, 11) is 1.63. The SMILES string of the molecule is COc1ccc(Cn2nnc(C(=O)NCc3occc3C)c2C)cc1. The molecule has 2 aromatic heterocycles. The minimum absolute atomic E-state index is 0.269. The quantitative estimate of drug-likeness (QED) is 0.745. The van der Waals surface area contributed by atoms with Crippen molar-refractivity contribution in [2.45, 2.75) is 26.9 Å². The molecule has 3 rings (SSSR count). The minimum atomic E-state index is -0.269. The van der Waals surface area contributed by atoms with Gasteiger partial charge in [0.2, 0.25) is 0 Å². The summed E-state index contributed by atoms with van der Waals surface area (Å²) < 4.78 is 12.2. The number of rotatable bonds is 6. The lowest BCUT2D eigenvalue weighted by Gasteiger charge is -2.06. The van der Waals surface area contributed by atoms with Crippen molar-refractivity contribution in [3.8, 4) is 5.75 Å². The Bertz CT molecular complexity index is 865. The van der Waals surface area contributed by atoms with Gasteiger partial charge in [0.25, 0.3) is 5.91 Å². The monoisotopic (exact) mass is 340 g/mol. The highest BCUT2D eigenvalue weighted by Gasteiger charge is 2.17.